The van der Waals surface area contributed by atoms with E-state index in [1.165, 1.54) is 0 Å². The first-order valence-electron chi connectivity index (χ1n) is 10.1. The first-order chi connectivity index (χ1) is 14.8. The zero-order valence-electron chi connectivity index (χ0n) is 17.9. The van der Waals surface area contributed by atoms with Crippen molar-refractivity contribution in [3.63, 3.8) is 0 Å². The van der Waals surface area contributed by atoms with Gasteiger partial charge in [0.15, 0.2) is 0 Å². The van der Waals surface area contributed by atoms with E-state index in [1.807, 2.05) is 45.0 Å². The molecule has 0 spiro atoms. The highest BCUT2D eigenvalue weighted by atomic mass is 32.2. The van der Waals surface area contributed by atoms with Gasteiger partial charge in [0.25, 0.3) is 0 Å². The lowest BCUT2D eigenvalue weighted by molar-refractivity contribution is -0.119. The van der Waals surface area contributed by atoms with Crippen LogP contribution in [0.5, 0.6) is 0 Å². The molecule has 0 bridgehead atoms. The van der Waals surface area contributed by atoms with E-state index in [0.29, 0.717) is 12.2 Å². The predicted octanol–water partition coefficient (Wildman–Crippen LogP) is 4.07. The van der Waals surface area contributed by atoms with Gasteiger partial charge in [-0.2, -0.15) is 0 Å². The molecule has 0 radical (unpaired) electrons. The number of rotatable bonds is 8. The van der Waals surface area contributed by atoms with Crippen LogP contribution in [0.25, 0.3) is 0 Å². The van der Waals surface area contributed by atoms with Gasteiger partial charge in [-0.3, -0.25) is 9.78 Å². The SMILES string of the molecule is Cc1ccc(S(=O)(=O)c2cc(C(C)C)ccc2NCC(=O)NCc2ccccn2)cc1. The molecule has 1 heterocycles. The fraction of sp³-hybridized carbons (Fsp3) is 0.250. The predicted molar refractivity (Wildman–Crippen MR) is 122 cm³/mol. The first-order valence-corrected chi connectivity index (χ1v) is 11.6. The first kappa shape index (κ1) is 22.5. The number of aromatic nitrogens is 1. The highest BCUT2D eigenvalue weighted by Crippen LogP contribution is 2.31. The number of amides is 1. The van der Waals surface area contributed by atoms with Gasteiger partial charge in [-0.25, -0.2) is 8.42 Å². The molecule has 7 heteroatoms. The highest BCUT2D eigenvalue weighted by Gasteiger charge is 2.23. The Morgan fingerprint density at radius 3 is 2.42 bits per heavy atom. The molecule has 162 valence electrons. The molecule has 0 aliphatic heterocycles. The maximum absolute atomic E-state index is 13.3. The molecular weight excluding hydrogens is 410 g/mol. The Labute approximate surface area is 183 Å². The Bertz CT molecular complexity index is 1140. The number of carbonyl (C=O) groups is 1. The number of anilines is 1. The minimum absolute atomic E-state index is 0.0513. The highest BCUT2D eigenvalue weighted by molar-refractivity contribution is 7.91. The molecule has 0 saturated carbocycles. The topological polar surface area (TPSA) is 88.2 Å². The maximum atomic E-state index is 13.3. The fourth-order valence-electron chi connectivity index (χ4n) is 3.04. The quantitative estimate of drug-likeness (QED) is 0.555. The van der Waals surface area contributed by atoms with Crippen molar-refractivity contribution >= 4 is 21.4 Å². The zero-order chi connectivity index (χ0) is 22.4. The second kappa shape index (κ2) is 9.75. The molecule has 0 aliphatic rings. The molecule has 6 nitrogen and oxygen atoms in total. The van der Waals surface area contributed by atoms with E-state index in [1.54, 1.807) is 42.6 Å². The lowest BCUT2D eigenvalue weighted by atomic mass is 10.0. The molecule has 1 amide bonds. The molecule has 0 saturated heterocycles. The molecular formula is C24H27N3O3S. The summed E-state index contributed by atoms with van der Waals surface area (Å²) in [6.07, 6.45) is 1.66. The van der Waals surface area contributed by atoms with Crippen molar-refractivity contribution in [2.45, 2.75) is 43.0 Å². The number of carbonyl (C=O) groups excluding carboxylic acids is 1. The summed E-state index contributed by atoms with van der Waals surface area (Å²) in [4.78, 5) is 16.8. The van der Waals surface area contributed by atoms with Crippen LogP contribution in [0.2, 0.25) is 0 Å². The second-order valence-corrected chi connectivity index (χ2v) is 9.60. The number of nitrogens with one attached hydrogen (secondary N) is 2. The average Bonchev–Trinajstić information content (AvgIpc) is 2.77. The van der Waals surface area contributed by atoms with Gasteiger partial charge in [0.2, 0.25) is 15.7 Å². The lowest BCUT2D eigenvalue weighted by Crippen LogP contribution is -2.30. The molecule has 3 aromatic rings. The van der Waals surface area contributed by atoms with Gasteiger partial charge < -0.3 is 10.6 Å². The molecule has 1 aromatic heterocycles. The Morgan fingerprint density at radius 2 is 1.77 bits per heavy atom. The van der Waals surface area contributed by atoms with Crippen molar-refractivity contribution in [3.8, 4) is 0 Å². The van der Waals surface area contributed by atoms with E-state index < -0.39 is 9.84 Å². The third-order valence-electron chi connectivity index (χ3n) is 4.93. The van der Waals surface area contributed by atoms with Gasteiger partial charge in [0.05, 0.1) is 34.3 Å². The molecule has 0 fully saturated rings. The summed E-state index contributed by atoms with van der Waals surface area (Å²) in [7, 11) is -3.75. The van der Waals surface area contributed by atoms with Crippen LogP contribution in [0.15, 0.2) is 76.7 Å². The summed E-state index contributed by atoms with van der Waals surface area (Å²) in [5, 5.41) is 5.77. The third-order valence-corrected chi connectivity index (χ3v) is 6.73. The van der Waals surface area contributed by atoms with Gasteiger partial charge in [0, 0.05) is 6.20 Å². The molecule has 2 aromatic carbocycles. The molecule has 0 aliphatic carbocycles. The van der Waals surface area contributed by atoms with Gasteiger partial charge >= 0.3 is 0 Å². The number of benzene rings is 2. The Balaban J connectivity index is 1.81. The van der Waals surface area contributed by atoms with Crippen molar-refractivity contribution in [2.24, 2.45) is 0 Å². The van der Waals surface area contributed by atoms with Crippen LogP contribution in [0, 0.1) is 6.92 Å². The zero-order valence-corrected chi connectivity index (χ0v) is 18.7. The van der Waals surface area contributed by atoms with Gasteiger partial charge in [-0.05, 0) is 54.8 Å². The number of pyridine rings is 1. The van der Waals surface area contributed by atoms with Crippen molar-refractivity contribution < 1.29 is 13.2 Å². The average molecular weight is 438 g/mol. The van der Waals surface area contributed by atoms with Crippen molar-refractivity contribution in [3.05, 3.63) is 83.7 Å². The van der Waals surface area contributed by atoms with Crippen LogP contribution < -0.4 is 10.6 Å². The van der Waals surface area contributed by atoms with E-state index >= 15 is 0 Å². The number of aryl methyl sites for hydroxylation is 1. The maximum Gasteiger partial charge on any atom is 0.239 e. The standard InChI is InChI=1S/C24H27N3O3S/c1-17(2)19-9-12-22(26-16-24(28)27-15-20-6-4-5-13-25-20)23(14-19)31(29,30)21-10-7-18(3)8-11-21/h4-14,17,26H,15-16H2,1-3H3,(H,27,28). The second-order valence-electron chi connectivity index (χ2n) is 7.68. The summed E-state index contributed by atoms with van der Waals surface area (Å²) < 4.78 is 26.7. The summed E-state index contributed by atoms with van der Waals surface area (Å²) in [5.41, 5.74) is 3.05. The normalized spacial score (nSPS) is 11.4. The van der Waals surface area contributed by atoms with E-state index in [4.69, 9.17) is 0 Å². The summed E-state index contributed by atoms with van der Waals surface area (Å²) in [6, 6.07) is 17.5. The van der Waals surface area contributed by atoms with E-state index in [2.05, 4.69) is 15.6 Å². The van der Waals surface area contributed by atoms with Crippen LogP contribution in [0.3, 0.4) is 0 Å². The van der Waals surface area contributed by atoms with Crippen molar-refractivity contribution in [1.29, 1.82) is 0 Å². The molecule has 3 rings (SSSR count). The molecule has 0 unspecified atom stereocenters. The van der Waals surface area contributed by atoms with Gasteiger partial charge in [0.1, 0.15) is 0 Å². The van der Waals surface area contributed by atoms with Crippen LogP contribution in [0.4, 0.5) is 5.69 Å². The number of hydrogen-bond donors (Lipinski definition) is 2. The minimum atomic E-state index is -3.75. The Morgan fingerprint density at radius 1 is 1.03 bits per heavy atom. The smallest absolute Gasteiger partial charge is 0.239 e. The number of sulfone groups is 1. The lowest BCUT2D eigenvalue weighted by Gasteiger charge is -2.16. The largest absolute Gasteiger partial charge is 0.375 e. The van der Waals surface area contributed by atoms with Crippen LogP contribution >= 0.6 is 0 Å². The van der Waals surface area contributed by atoms with Crippen molar-refractivity contribution in [2.75, 3.05) is 11.9 Å². The van der Waals surface area contributed by atoms with Crippen LogP contribution in [-0.4, -0.2) is 25.9 Å². The van der Waals surface area contributed by atoms with Gasteiger partial charge in [-0.1, -0.05) is 43.7 Å². The van der Waals surface area contributed by atoms with E-state index in [-0.39, 0.29) is 28.2 Å². The van der Waals surface area contributed by atoms with Gasteiger partial charge in [-0.15, -0.1) is 0 Å². The Hall–Kier alpha value is -3.19. The molecule has 2 N–H and O–H groups in total. The van der Waals surface area contributed by atoms with Crippen LogP contribution in [-0.2, 0) is 21.2 Å². The summed E-state index contributed by atoms with van der Waals surface area (Å²) >= 11 is 0. The monoisotopic (exact) mass is 437 g/mol. The summed E-state index contributed by atoms with van der Waals surface area (Å²) in [5.74, 6) is -0.0834. The third kappa shape index (κ3) is 5.70. The minimum Gasteiger partial charge on any atom is -0.375 e. The van der Waals surface area contributed by atoms with E-state index in [0.717, 1.165) is 16.8 Å². The van der Waals surface area contributed by atoms with Crippen molar-refractivity contribution in [1.82, 2.24) is 10.3 Å². The fourth-order valence-corrected chi connectivity index (χ4v) is 4.51. The molecule has 0 atom stereocenters. The number of nitrogens with zero attached hydrogens (tertiary/aromatic N) is 1. The number of hydrogen-bond acceptors (Lipinski definition) is 5. The molecule has 31 heavy (non-hydrogen) atoms. The Kier molecular flexibility index (Phi) is 7.07. The van der Waals surface area contributed by atoms with Crippen LogP contribution in [0.1, 0.15) is 36.6 Å². The summed E-state index contributed by atoms with van der Waals surface area (Å²) in [6.45, 7) is 6.18. The van der Waals surface area contributed by atoms with E-state index in [9.17, 15) is 13.2 Å².